The molecule has 0 saturated heterocycles. The first-order valence-corrected chi connectivity index (χ1v) is 7.51. The predicted octanol–water partition coefficient (Wildman–Crippen LogP) is 3.92. The van der Waals surface area contributed by atoms with Crippen LogP contribution in [-0.4, -0.2) is 29.0 Å². The summed E-state index contributed by atoms with van der Waals surface area (Å²) >= 11 is 5.40. The van der Waals surface area contributed by atoms with Crippen LogP contribution in [-0.2, 0) is 0 Å². The number of methoxy groups -OCH3 is 2. The van der Waals surface area contributed by atoms with Gasteiger partial charge in [-0.05, 0) is 55.0 Å². The van der Waals surface area contributed by atoms with E-state index in [1.54, 1.807) is 14.2 Å². The molecular formula is C17H17N3O2S. The highest BCUT2D eigenvalue weighted by molar-refractivity contribution is 7.71. The fraction of sp³-hybridized carbons (Fsp3) is 0.176. The van der Waals surface area contributed by atoms with E-state index in [0.29, 0.717) is 16.3 Å². The summed E-state index contributed by atoms with van der Waals surface area (Å²) in [7, 11) is 3.22. The molecule has 0 saturated carbocycles. The van der Waals surface area contributed by atoms with Crippen LogP contribution >= 0.6 is 12.2 Å². The first kappa shape index (κ1) is 15.3. The average molecular weight is 327 g/mol. The van der Waals surface area contributed by atoms with Crippen LogP contribution in [0.2, 0.25) is 0 Å². The Morgan fingerprint density at radius 1 is 1.04 bits per heavy atom. The van der Waals surface area contributed by atoms with Gasteiger partial charge in [0.2, 0.25) is 0 Å². The van der Waals surface area contributed by atoms with Crippen LogP contribution < -0.4 is 9.47 Å². The lowest BCUT2D eigenvalue weighted by molar-refractivity contribution is 0.355. The van der Waals surface area contributed by atoms with E-state index in [9.17, 15) is 0 Å². The van der Waals surface area contributed by atoms with Crippen LogP contribution in [0.5, 0.6) is 11.5 Å². The molecule has 5 nitrogen and oxygen atoms in total. The van der Waals surface area contributed by atoms with Gasteiger partial charge in [0, 0.05) is 5.56 Å². The molecule has 3 rings (SSSR count). The van der Waals surface area contributed by atoms with E-state index < -0.39 is 0 Å². The minimum atomic E-state index is 0.542. The second-order valence-electron chi connectivity index (χ2n) is 5.10. The van der Waals surface area contributed by atoms with Crippen LogP contribution in [0, 0.1) is 11.7 Å². The van der Waals surface area contributed by atoms with Crippen LogP contribution in [0.3, 0.4) is 0 Å². The Kier molecular flexibility index (Phi) is 4.16. The van der Waals surface area contributed by atoms with Gasteiger partial charge in [-0.2, -0.15) is 5.10 Å². The molecule has 0 bridgehead atoms. The van der Waals surface area contributed by atoms with Crippen molar-refractivity contribution < 1.29 is 9.47 Å². The molecule has 1 N–H and O–H groups in total. The molecule has 23 heavy (non-hydrogen) atoms. The van der Waals surface area contributed by atoms with E-state index >= 15 is 0 Å². The number of H-pyrrole nitrogens is 1. The molecule has 1 aromatic heterocycles. The highest BCUT2D eigenvalue weighted by Gasteiger charge is 2.13. The van der Waals surface area contributed by atoms with Gasteiger partial charge in [0.05, 0.1) is 19.9 Å². The molecule has 6 heteroatoms. The minimum Gasteiger partial charge on any atom is -0.493 e. The Morgan fingerprint density at radius 2 is 1.83 bits per heavy atom. The summed E-state index contributed by atoms with van der Waals surface area (Å²) in [6, 6.07) is 13.8. The number of rotatable bonds is 4. The lowest BCUT2D eigenvalue weighted by Gasteiger charge is -2.11. The summed E-state index contributed by atoms with van der Waals surface area (Å²) in [5.41, 5.74) is 3.01. The summed E-state index contributed by atoms with van der Waals surface area (Å²) in [5.74, 6) is 2.05. The van der Waals surface area contributed by atoms with Crippen molar-refractivity contribution in [1.82, 2.24) is 14.8 Å². The van der Waals surface area contributed by atoms with Gasteiger partial charge in [0.1, 0.15) is 0 Å². The van der Waals surface area contributed by atoms with E-state index in [0.717, 1.165) is 22.6 Å². The Morgan fingerprint density at radius 3 is 2.52 bits per heavy atom. The molecule has 0 radical (unpaired) electrons. The molecule has 2 aromatic carbocycles. The van der Waals surface area contributed by atoms with Gasteiger partial charge in [-0.15, -0.1) is 0 Å². The fourth-order valence-corrected chi connectivity index (χ4v) is 2.71. The Balaban J connectivity index is 2.17. The Hall–Kier alpha value is -2.60. The molecule has 0 atom stereocenters. The van der Waals surface area contributed by atoms with Crippen molar-refractivity contribution in [2.24, 2.45) is 0 Å². The van der Waals surface area contributed by atoms with Crippen LogP contribution in [0.1, 0.15) is 5.56 Å². The van der Waals surface area contributed by atoms with Crippen molar-refractivity contribution in [3.8, 4) is 28.6 Å². The zero-order valence-corrected chi connectivity index (χ0v) is 14.0. The average Bonchev–Trinajstić information content (AvgIpc) is 2.95. The lowest BCUT2D eigenvalue weighted by Crippen LogP contribution is -1.99. The van der Waals surface area contributed by atoms with Crippen molar-refractivity contribution in [2.75, 3.05) is 14.2 Å². The third-order valence-corrected chi connectivity index (χ3v) is 3.85. The van der Waals surface area contributed by atoms with E-state index in [4.69, 9.17) is 21.7 Å². The highest BCUT2D eigenvalue weighted by atomic mass is 32.1. The van der Waals surface area contributed by atoms with Crippen molar-refractivity contribution in [3.05, 3.63) is 52.8 Å². The van der Waals surface area contributed by atoms with Gasteiger partial charge in [0.25, 0.3) is 0 Å². The van der Waals surface area contributed by atoms with Gasteiger partial charge in [-0.25, -0.2) is 0 Å². The van der Waals surface area contributed by atoms with Gasteiger partial charge < -0.3 is 9.47 Å². The summed E-state index contributed by atoms with van der Waals surface area (Å²) in [6.45, 7) is 2.04. The molecule has 0 spiro atoms. The van der Waals surface area contributed by atoms with Crippen LogP contribution in [0.25, 0.3) is 17.1 Å². The van der Waals surface area contributed by atoms with Crippen molar-refractivity contribution >= 4 is 12.2 Å². The zero-order chi connectivity index (χ0) is 16.4. The number of aromatic amines is 1. The number of nitrogens with one attached hydrogen (secondary N) is 1. The van der Waals surface area contributed by atoms with E-state index in [1.165, 1.54) is 0 Å². The largest absolute Gasteiger partial charge is 0.493 e. The second-order valence-corrected chi connectivity index (χ2v) is 5.48. The minimum absolute atomic E-state index is 0.542. The molecule has 0 aliphatic rings. The summed E-state index contributed by atoms with van der Waals surface area (Å²) in [4.78, 5) is 0. The normalized spacial score (nSPS) is 10.6. The second kappa shape index (κ2) is 6.26. The number of nitrogens with zero attached hydrogens (tertiary/aromatic N) is 2. The molecule has 0 fully saturated rings. The monoisotopic (exact) mass is 327 g/mol. The predicted molar refractivity (Wildman–Crippen MR) is 92.0 cm³/mol. The topological polar surface area (TPSA) is 52.1 Å². The summed E-state index contributed by atoms with van der Waals surface area (Å²) in [5, 5.41) is 7.24. The smallest absolute Gasteiger partial charge is 0.200 e. The number of ether oxygens (including phenoxy) is 2. The van der Waals surface area contributed by atoms with Crippen LogP contribution in [0.15, 0.2) is 42.5 Å². The molecule has 118 valence electrons. The number of aryl methyl sites for hydroxylation is 1. The number of hydrogen-bond acceptors (Lipinski definition) is 4. The standard InChI is InChI=1S/C17H17N3O2S/c1-11-5-4-6-13(9-11)20-16(18-19-17(20)23)12-7-8-14(21-2)15(10-12)22-3/h4-10H,1-3H3,(H,19,23). The molecular weight excluding hydrogens is 310 g/mol. The van der Waals surface area contributed by atoms with Crippen molar-refractivity contribution in [3.63, 3.8) is 0 Å². The van der Waals surface area contributed by atoms with E-state index in [2.05, 4.69) is 16.3 Å². The van der Waals surface area contributed by atoms with E-state index in [1.807, 2.05) is 47.9 Å². The molecule has 0 aliphatic heterocycles. The maximum Gasteiger partial charge on any atom is 0.200 e. The van der Waals surface area contributed by atoms with E-state index in [-0.39, 0.29) is 0 Å². The number of benzene rings is 2. The summed E-state index contributed by atoms with van der Waals surface area (Å²) < 4.78 is 13.1. The summed E-state index contributed by atoms with van der Waals surface area (Å²) in [6.07, 6.45) is 0. The van der Waals surface area contributed by atoms with Crippen molar-refractivity contribution in [1.29, 1.82) is 0 Å². The van der Waals surface area contributed by atoms with Crippen molar-refractivity contribution in [2.45, 2.75) is 6.92 Å². The SMILES string of the molecule is COc1ccc(-c2n[nH]c(=S)n2-c2cccc(C)c2)cc1OC. The van der Waals surface area contributed by atoms with Gasteiger partial charge in [0.15, 0.2) is 22.1 Å². The molecule has 0 aliphatic carbocycles. The number of hydrogen-bond donors (Lipinski definition) is 1. The first-order chi connectivity index (χ1) is 11.1. The maximum atomic E-state index is 5.40. The third kappa shape index (κ3) is 2.85. The van der Waals surface area contributed by atoms with Gasteiger partial charge in [-0.1, -0.05) is 12.1 Å². The first-order valence-electron chi connectivity index (χ1n) is 7.11. The fourth-order valence-electron chi connectivity index (χ4n) is 2.47. The molecule has 0 unspecified atom stereocenters. The Bertz CT molecular complexity index is 899. The number of aromatic nitrogens is 3. The highest BCUT2D eigenvalue weighted by Crippen LogP contribution is 2.32. The molecule has 0 amide bonds. The molecule has 1 heterocycles. The van der Waals surface area contributed by atoms with Gasteiger partial charge >= 0.3 is 0 Å². The molecule has 3 aromatic rings. The third-order valence-electron chi connectivity index (χ3n) is 3.57. The Labute approximate surface area is 139 Å². The zero-order valence-electron chi connectivity index (χ0n) is 13.2. The van der Waals surface area contributed by atoms with Gasteiger partial charge in [-0.3, -0.25) is 9.67 Å². The lowest BCUT2D eigenvalue weighted by atomic mass is 10.1. The quantitative estimate of drug-likeness (QED) is 0.738. The van der Waals surface area contributed by atoms with Crippen LogP contribution in [0.4, 0.5) is 0 Å². The maximum absolute atomic E-state index is 5.40.